The van der Waals surface area contributed by atoms with Crippen LogP contribution in [0.15, 0.2) is 0 Å². The number of rotatable bonds is 7. The summed E-state index contributed by atoms with van der Waals surface area (Å²) < 4.78 is 0. The lowest BCUT2D eigenvalue weighted by Crippen LogP contribution is -2.33. The summed E-state index contributed by atoms with van der Waals surface area (Å²) in [5.41, 5.74) is 0. The molecule has 0 heterocycles. The molecule has 0 aromatic heterocycles. The van der Waals surface area contributed by atoms with Gasteiger partial charge in [-0.3, -0.25) is 5.41 Å². The van der Waals surface area contributed by atoms with Crippen LogP contribution in [-0.4, -0.2) is 23.8 Å². The first-order valence-electron chi connectivity index (χ1n) is 6.13. The molecule has 1 fully saturated rings. The topological polar surface area (TPSA) is 27.1 Å². The van der Waals surface area contributed by atoms with E-state index in [9.17, 15) is 0 Å². The van der Waals surface area contributed by atoms with Gasteiger partial charge >= 0.3 is 0 Å². The molecule has 0 saturated heterocycles. The molecule has 0 amide bonds. The van der Waals surface area contributed by atoms with Crippen molar-refractivity contribution >= 4 is 5.84 Å². The van der Waals surface area contributed by atoms with Crippen molar-refractivity contribution in [2.45, 2.75) is 52.4 Å². The van der Waals surface area contributed by atoms with Crippen LogP contribution in [0.25, 0.3) is 0 Å². The molecule has 0 aromatic carbocycles. The predicted octanol–water partition coefficient (Wildman–Crippen LogP) is 3.28. The van der Waals surface area contributed by atoms with Crippen LogP contribution in [0.4, 0.5) is 0 Å². The number of hydrogen-bond donors (Lipinski definition) is 1. The number of nitrogens with one attached hydrogen (secondary N) is 1. The molecule has 82 valence electrons. The van der Waals surface area contributed by atoms with Gasteiger partial charge in [0.15, 0.2) is 0 Å². The Morgan fingerprint density at radius 2 is 1.64 bits per heavy atom. The Balaban J connectivity index is 2.29. The molecule has 0 bridgehead atoms. The van der Waals surface area contributed by atoms with Gasteiger partial charge in [0.1, 0.15) is 0 Å². The lowest BCUT2D eigenvalue weighted by molar-refractivity contribution is 0.386. The van der Waals surface area contributed by atoms with Crippen molar-refractivity contribution in [2.75, 3.05) is 13.1 Å². The van der Waals surface area contributed by atoms with Crippen LogP contribution in [0.1, 0.15) is 52.4 Å². The summed E-state index contributed by atoms with van der Waals surface area (Å²) in [6, 6.07) is 0. The lowest BCUT2D eigenvalue weighted by atomic mass is 10.2. The fraction of sp³-hybridized carbons (Fsp3) is 0.917. The number of nitrogens with zero attached hydrogens (tertiary/aromatic N) is 1. The Kier molecular flexibility index (Phi) is 4.99. The summed E-state index contributed by atoms with van der Waals surface area (Å²) in [6.45, 7) is 6.65. The number of hydrogen-bond acceptors (Lipinski definition) is 1. The first-order chi connectivity index (χ1) is 6.79. The Morgan fingerprint density at radius 3 is 2.00 bits per heavy atom. The van der Waals surface area contributed by atoms with E-state index >= 15 is 0 Å². The molecule has 1 N–H and O–H groups in total. The van der Waals surface area contributed by atoms with E-state index < -0.39 is 0 Å². The van der Waals surface area contributed by atoms with Crippen molar-refractivity contribution in [3.8, 4) is 0 Å². The fourth-order valence-corrected chi connectivity index (χ4v) is 1.67. The average Bonchev–Trinajstić information content (AvgIpc) is 3.00. The van der Waals surface area contributed by atoms with Gasteiger partial charge in [0.25, 0.3) is 0 Å². The van der Waals surface area contributed by atoms with E-state index in [0.717, 1.165) is 18.9 Å². The molecule has 14 heavy (non-hydrogen) atoms. The molecule has 0 aliphatic heterocycles. The molecule has 1 rings (SSSR count). The van der Waals surface area contributed by atoms with E-state index in [1.165, 1.54) is 38.5 Å². The molecule has 0 spiro atoms. The SMILES string of the molecule is CCCCN(CCCC)C(=N)C1CC1. The molecule has 0 atom stereocenters. The highest BCUT2D eigenvalue weighted by atomic mass is 15.2. The zero-order chi connectivity index (χ0) is 10.4. The number of unbranched alkanes of at least 4 members (excludes halogenated alkanes) is 2. The quantitative estimate of drug-likeness (QED) is 0.491. The van der Waals surface area contributed by atoms with Crippen molar-refractivity contribution in [2.24, 2.45) is 5.92 Å². The lowest BCUT2D eigenvalue weighted by Gasteiger charge is -2.25. The van der Waals surface area contributed by atoms with E-state index in [0.29, 0.717) is 5.92 Å². The van der Waals surface area contributed by atoms with Crippen LogP contribution >= 0.6 is 0 Å². The minimum absolute atomic E-state index is 0.615. The predicted molar refractivity (Wildman–Crippen MR) is 61.8 cm³/mol. The Hall–Kier alpha value is -0.530. The van der Waals surface area contributed by atoms with Crippen molar-refractivity contribution < 1.29 is 0 Å². The third-order valence-electron chi connectivity index (χ3n) is 2.87. The van der Waals surface area contributed by atoms with Gasteiger partial charge in [-0.15, -0.1) is 0 Å². The summed E-state index contributed by atoms with van der Waals surface area (Å²) in [4.78, 5) is 2.31. The molecule has 1 aliphatic carbocycles. The standard InChI is InChI=1S/C12H24N2/c1-3-5-9-14(10-6-4-2)12(13)11-7-8-11/h11,13H,3-10H2,1-2H3. The van der Waals surface area contributed by atoms with E-state index in [1.54, 1.807) is 0 Å². The van der Waals surface area contributed by atoms with Crippen LogP contribution in [0, 0.1) is 11.3 Å². The first-order valence-corrected chi connectivity index (χ1v) is 6.13. The molecular weight excluding hydrogens is 172 g/mol. The second-order valence-corrected chi connectivity index (χ2v) is 4.35. The Bertz CT molecular complexity index is 165. The molecule has 2 heteroatoms. The van der Waals surface area contributed by atoms with Crippen molar-refractivity contribution in [3.05, 3.63) is 0 Å². The summed E-state index contributed by atoms with van der Waals surface area (Å²) in [6.07, 6.45) is 7.46. The largest absolute Gasteiger partial charge is 0.360 e. The van der Waals surface area contributed by atoms with Crippen LogP contribution in [-0.2, 0) is 0 Å². The summed E-state index contributed by atoms with van der Waals surface area (Å²) in [7, 11) is 0. The van der Waals surface area contributed by atoms with Crippen molar-refractivity contribution in [1.29, 1.82) is 5.41 Å². The maximum atomic E-state index is 8.05. The Morgan fingerprint density at radius 1 is 1.14 bits per heavy atom. The summed E-state index contributed by atoms with van der Waals surface area (Å²) in [5, 5.41) is 8.05. The zero-order valence-electron chi connectivity index (χ0n) is 9.68. The van der Waals surface area contributed by atoms with Crippen molar-refractivity contribution in [1.82, 2.24) is 4.90 Å². The van der Waals surface area contributed by atoms with E-state index in [2.05, 4.69) is 18.7 Å². The maximum absolute atomic E-state index is 8.05. The molecule has 1 aliphatic rings. The van der Waals surface area contributed by atoms with Crippen LogP contribution in [0.2, 0.25) is 0 Å². The summed E-state index contributed by atoms with van der Waals surface area (Å²) in [5.74, 6) is 1.54. The smallest absolute Gasteiger partial charge is 0.0989 e. The minimum atomic E-state index is 0.615. The highest BCUT2D eigenvalue weighted by molar-refractivity contribution is 5.83. The zero-order valence-corrected chi connectivity index (χ0v) is 9.68. The van der Waals surface area contributed by atoms with Crippen LogP contribution in [0.5, 0.6) is 0 Å². The van der Waals surface area contributed by atoms with E-state index in [-0.39, 0.29) is 0 Å². The first kappa shape index (κ1) is 11.5. The highest BCUT2D eigenvalue weighted by Gasteiger charge is 2.29. The highest BCUT2D eigenvalue weighted by Crippen LogP contribution is 2.31. The van der Waals surface area contributed by atoms with Crippen LogP contribution < -0.4 is 0 Å². The van der Waals surface area contributed by atoms with Gasteiger partial charge in [0.2, 0.25) is 0 Å². The van der Waals surface area contributed by atoms with Gasteiger partial charge in [0.05, 0.1) is 5.84 Å². The Labute approximate surface area is 88.2 Å². The van der Waals surface area contributed by atoms with Gasteiger partial charge in [-0.05, 0) is 25.7 Å². The molecule has 0 unspecified atom stereocenters. The molecule has 0 radical (unpaired) electrons. The van der Waals surface area contributed by atoms with Gasteiger partial charge in [-0.2, -0.15) is 0 Å². The third-order valence-corrected chi connectivity index (χ3v) is 2.87. The molecule has 0 aromatic rings. The molecule has 1 saturated carbocycles. The molecular formula is C12H24N2. The van der Waals surface area contributed by atoms with E-state index in [4.69, 9.17) is 5.41 Å². The normalized spacial score (nSPS) is 15.6. The minimum Gasteiger partial charge on any atom is -0.360 e. The molecule has 2 nitrogen and oxygen atoms in total. The summed E-state index contributed by atoms with van der Waals surface area (Å²) >= 11 is 0. The average molecular weight is 196 g/mol. The maximum Gasteiger partial charge on any atom is 0.0989 e. The second-order valence-electron chi connectivity index (χ2n) is 4.35. The van der Waals surface area contributed by atoms with Gasteiger partial charge in [-0.1, -0.05) is 26.7 Å². The third kappa shape index (κ3) is 3.69. The van der Waals surface area contributed by atoms with Gasteiger partial charge in [0, 0.05) is 19.0 Å². The van der Waals surface area contributed by atoms with Crippen molar-refractivity contribution in [3.63, 3.8) is 0 Å². The number of amidine groups is 1. The fourth-order valence-electron chi connectivity index (χ4n) is 1.67. The van der Waals surface area contributed by atoms with E-state index in [1.807, 2.05) is 0 Å². The van der Waals surface area contributed by atoms with Crippen LogP contribution in [0.3, 0.4) is 0 Å². The second kappa shape index (κ2) is 6.05. The van der Waals surface area contributed by atoms with Gasteiger partial charge < -0.3 is 4.90 Å². The van der Waals surface area contributed by atoms with Gasteiger partial charge in [-0.25, -0.2) is 0 Å². The monoisotopic (exact) mass is 196 g/mol.